The Morgan fingerprint density at radius 2 is 1.64 bits per heavy atom. The van der Waals surface area contributed by atoms with Gasteiger partial charge in [-0.2, -0.15) is 26.3 Å². The van der Waals surface area contributed by atoms with Crippen LogP contribution in [0.4, 0.5) is 26.3 Å². The molecule has 0 aliphatic rings. The summed E-state index contributed by atoms with van der Waals surface area (Å²) in [5, 5.41) is 0. The lowest BCUT2D eigenvalue weighted by atomic mass is 10.00. The Bertz CT molecular complexity index is 678. The first kappa shape index (κ1) is 16.1. The molecule has 2 nitrogen and oxygen atoms in total. The smallest absolute Gasteiger partial charge is 0.434 e. The van der Waals surface area contributed by atoms with Gasteiger partial charge >= 0.3 is 12.4 Å². The number of hydrogen-bond acceptors (Lipinski definition) is 2. The van der Waals surface area contributed by atoms with E-state index < -0.39 is 29.2 Å². The summed E-state index contributed by atoms with van der Waals surface area (Å²) in [6, 6.07) is 4.74. The third kappa shape index (κ3) is 3.15. The zero-order valence-electron chi connectivity index (χ0n) is 11.1. The predicted octanol–water partition coefficient (Wildman–Crippen LogP) is 4.79. The molecule has 0 aliphatic heterocycles. The molecule has 0 radical (unpaired) electrons. The molecule has 0 unspecified atom stereocenters. The molecule has 0 fully saturated rings. The highest BCUT2D eigenvalue weighted by atomic mass is 19.4. The van der Waals surface area contributed by atoms with E-state index in [2.05, 4.69) is 4.98 Å². The van der Waals surface area contributed by atoms with E-state index in [1.54, 1.807) is 0 Å². The van der Waals surface area contributed by atoms with Crippen LogP contribution < -0.4 is 4.74 Å². The van der Waals surface area contributed by atoms with Crippen LogP contribution in [-0.2, 0) is 12.4 Å². The van der Waals surface area contributed by atoms with Crippen LogP contribution in [0.2, 0.25) is 0 Å². The summed E-state index contributed by atoms with van der Waals surface area (Å²) in [5.74, 6) is -0.207. The molecule has 1 aromatic carbocycles. The van der Waals surface area contributed by atoms with Crippen molar-refractivity contribution in [2.45, 2.75) is 12.4 Å². The molecular weight excluding hydrogens is 312 g/mol. The van der Waals surface area contributed by atoms with Crippen LogP contribution >= 0.6 is 0 Å². The number of alkyl halides is 6. The van der Waals surface area contributed by atoms with E-state index in [-0.39, 0.29) is 11.3 Å². The fraction of sp³-hybridized carbons (Fsp3) is 0.214. The largest absolute Gasteiger partial charge is 0.496 e. The van der Waals surface area contributed by atoms with Gasteiger partial charge in [0.1, 0.15) is 5.75 Å². The fourth-order valence-corrected chi connectivity index (χ4v) is 1.96. The molecule has 1 aromatic heterocycles. The zero-order chi connectivity index (χ0) is 16.5. The molecule has 2 rings (SSSR count). The average Bonchev–Trinajstić information content (AvgIpc) is 2.44. The number of aromatic nitrogens is 1. The maximum absolute atomic E-state index is 13.0. The van der Waals surface area contributed by atoms with Crippen molar-refractivity contribution in [3.05, 3.63) is 47.8 Å². The minimum absolute atomic E-state index is 0.207. The molecule has 0 amide bonds. The number of methoxy groups -OCH3 is 1. The Kier molecular flexibility index (Phi) is 4.04. The number of nitrogens with zero attached hydrogens (tertiary/aromatic N) is 1. The second-order valence-electron chi connectivity index (χ2n) is 4.31. The molecule has 0 aliphatic carbocycles. The monoisotopic (exact) mass is 321 g/mol. The van der Waals surface area contributed by atoms with Crippen molar-refractivity contribution < 1.29 is 31.1 Å². The van der Waals surface area contributed by atoms with Gasteiger partial charge in [0.25, 0.3) is 0 Å². The molecule has 118 valence electrons. The molecule has 1 heterocycles. The van der Waals surface area contributed by atoms with E-state index in [0.29, 0.717) is 6.07 Å². The first-order valence-electron chi connectivity index (χ1n) is 5.92. The fourth-order valence-electron chi connectivity index (χ4n) is 1.96. The van der Waals surface area contributed by atoms with Crippen LogP contribution in [0.15, 0.2) is 36.5 Å². The lowest BCUT2D eigenvalue weighted by Gasteiger charge is -2.16. The minimum Gasteiger partial charge on any atom is -0.496 e. The van der Waals surface area contributed by atoms with Gasteiger partial charge in [-0.15, -0.1) is 0 Å². The van der Waals surface area contributed by atoms with E-state index >= 15 is 0 Å². The maximum atomic E-state index is 13.0. The van der Waals surface area contributed by atoms with E-state index in [1.165, 1.54) is 0 Å². The highest BCUT2D eigenvalue weighted by Crippen LogP contribution is 2.42. The van der Waals surface area contributed by atoms with Crippen molar-refractivity contribution in [2.75, 3.05) is 7.11 Å². The van der Waals surface area contributed by atoms with E-state index in [4.69, 9.17) is 4.74 Å². The van der Waals surface area contributed by atoms with Crippen LogP contribution in [-0.4, -0.2) is 12.1 Å². The van der Waals surface area contributed by atoms with Crippen molar-refractivity contribution in [2.24, 2.45) is 0 Å². The summed E-state index contributed by atoms with van der Waals surface area (Å²) in [5.41, 5.74) is -3.15. The van der Waals surface area contributed by atoms with Gasteiger partial charge in [0.15, 0.2) is 5.69 Å². The predicted molar refractivity (Wildman–Crippen MR) is 66.2 cm³/mol. The standard InChI is InChI=1S/C14H9F6NO/c1-22-10-5-6-21-12(14(18,19)20)11(10)8-3-2-4-9(7-8)13(15,16)17/h2-7H,1H3. The molecule has 2 aromatic rings. The lowest BCUT2D eigenvalue weighted by molar-refractivity contribution is -0.140. The van der Waals surface area contributed by atoms with Gasteiger partial charge in [-0.1, -0.05) is 12.1 Å². The van der Waals surface area contributed by atoms with E-state index in [0.717, 1.165) is 37.6 Å². The summed E-state index contributed by atoms with van der Waals surface area (Å²) >= 11 is 0. The molecule has 0 bridgehead atoms. The van der Waals surface area contributed by atoms with E-state index in [1.807, 2.05) is 0 Å². The average molecular weight is 321 g/mol. The Hall–Kier alpha value is -2.25. The molecular formula is C14H9F6NO. The highest BCUT2D eigenvalue weighted by molar-refractivity contribution is 5.73. The summed E-state index contributed by atoms with van der Waals surface area (Å²) < 4.78 is 82.2. The highest BCUT2D eigenvalue weighted by Gasteiger charge is 2.38. The Morgan fingerprint density at radius 1 is 0.955 bits per heavy atom. The summed E-state index contributed by atoms with van der Waals surface area (Å²) in [6.07, 6.45) is -8.60. The minimum atomic E-state index is -4.82. The van der Waals surface area contributed by atoms with Crippen LogP contribution in [0.5, 0.6) is 5.75 Å². The van der Waals surface area contributed by atoms with Gasteiger partial charge in [-0.3, -0.25) is 4.98 Å². The van der Waals surface area contributed by atoms with Crippen LogP contribution in [0.1, 0.15) is 11.3 Å². The summed E-state index contributed by atoms with van der Waals surface area (Å²) in [6.45, 7) is 0. The Balaban J connectivity index is 2.71. The SMILES string of the molecule is COc1ccnc(C(F)(F)F)c1-c1cccc(C(F)(F)F)c1. The van der Waals surface area contributed by atoms with Gasteiger partial charge in [-0.25, -0.2) is 0 Å². The van der Waals surface area contributed by atoms with Gasteiger partial charge in [0.2, 0.25) is 0 Å². The molecule has 22 heavy (non-hydrogen) atoms. The molecule has 8 heteroatoms. The topological polar surface area (TPSA) is 22.1 Å². The number of rotatable bonds is 2. The normalized spacial score (nSPS) is 12.3. The second kappa shape index (κ2) is 5.51. The van der Waals surface area contributed by atoms with Crippen molar-refractivity contribution in [3.63, 3.8) is 0 Å². The third-order valence-corrected chi connectivity index (χ3v) is 2.88. The van der Waals surface area contributed by atoms with E-state index in [9.17, 15) is 26.3 Å². The third-order valence-electron chi connectivity index (χ3n) is 2.88. The maximum Gasteiger partial charge on any atom is 0.434 e. The van der Waals surface area contributed by atoms with Gasteiger partial charge in [0, 0.05) is 6.20 Å². The number of hydrogen-bond donors (Lipinski definition) is 0. The number of pyridine rings is 1. The first-order valence-corrected chi connectivity index (χ1v) is 5.92. The van der Waals surface area contributed by atoms with Crippen molar-refractivity contribution in [1.29, 1.82) is 0 Å². The zero-order valence-corrected chi connectivity index (χ0v) is 11.1. The second-order valence-corrected chi connectivity index (χ2v) is 4.31. The van der Waals surface area contributed by atoms with Crippen molar-refractivity contribution >= 4 is 0 Å². The molecule has 0 saturated heterocycles. The molecule has 0 atom stereocenters. The van der Waals surface area contributed by atoms with Crippen LogP contribution in [0.25, 0.3) is 11.1 Å². The van der Waals surface area contributed by atoms with Crippen LogP contribution in [0, 0.1) is 0 Å². The van der Waals surface area contributed by atoms with Crippen LogP contribution in [0.3, 0.4) is 0 Å². The lowest BCUT2D eigenvalue weighted by Crippen LogP contribution is -2.11. The Labute approximate surface area is 121 Å². The number of ether oxygens (including phenoxy) is 1. The summed E-state index contributed by atoms with van der Waals surface area (Å²) in [7, 11) is 1.13. The van der Waals surface area contributed by atoms with Crippen molar-refractivity contribution in [1.82, 2.24) is 4.98 Å². The molecule has 0 N–H and O–H groups in total. The number of halogens is 6. The Morgan fingerprint density at radius 3 is 2.18 bits per heavy atom. The quantitative estimate of drug-likeness (QED) is 0.742. The van der Waals surface area contributed by atoms with Gasteiger partial charge in [-0.05, 0) is 23.8 Å². The number of benzene rings is 1. The van der Waals surface area contributed by atoms with Crippen molar-refractivity contribution in [3.8, 4) is 16.9 Å². The molecule has 0 saturated carbocycles. The van der Waals surface area contributed by atoms with Gasteiger partial charge < -0.3 is 4.74 Å². The molecule has 0 spiro atoms. The summed E-state index contributed by atoms with van der Waals surface area (Å²) in [4.78, 5) is 3.24. The first-order chi connectivity index (χ1) is 10.1. The van der Waals surface area contributed by atoms with Gasteiger partial charge in [0.05, 0.1) is 18.2 Å².